The number of primary amides is 1. The molecule has 0 spiro atoms. The van der Waals surface area contributed by atoms with Crippen LogP contribution in [0.1, 0.15) is 27.7 Å². The summed E-state index contributed by atoms with van der Waals surface area (Å²) in [6, 6.07) is -0.662. The quantitative estimate of drug-likeness (QED) is 0.659. The van der Waals surface area contributed by atoms with Gasteiger partial charge in [0.2, 0.25) is 5.91 Å². The third-order valence-corrected chi connectivity index (χ3v) is 2.63. The molecule has 1 heterocycles. The fourth-order valence-corrected chi connectivity index (χ4v) is 1.29. The average molecular weight is 288 g/mol. The third-order valence-electron chi connectivity index (χ3n) is 2.63. The third kappa shape index (κ3) is 8.71. The summed E-state index contributed by atoms with van der Waals surface area (Å²) >= 11 is 0. The van der Waals surface area contributed by atoms with Gasteiger partial charge in [0.1, 0.15) is 11.6 Å². The highest BCUT2D eigenvalue weighted by molar-refractivity contribution is 5.83. The molecule has 1 aliphatic rings. The maximum atomic E-state index is 11.4. The molecule has 0 bridgehead atoms. The first kappa shape index (κ1) is 18.7. The molecule has 2 amide bonds. The summed E-state index contributed by atoms with van der Waals surface area (Å²) in [7, 11) is 1.48. The van der Waals surface area contributed by atoms with E-state index in [-0.39, 0.29) is 0 Å². The summed E-state index contributed by atoms with van der Waals surface area (Å²) in [6.45, 7) is 11.4. The van der Waals surface area contributed by atoms with Crippen molar-refractivity contribution in [3.8, 4) is 0 Å². The number of likely N-dealkylation sites (N-methyl/N-ethyl adjacent to an activating group) is 1. The Labute approximate surface area is 121 Å². The number of hydrogen-bond acceptors (Lipinski definition) is 5. The van der Waals surface area contributed by atoms with E-state index in [9.17, 15) is 9.59 Å². The fourth-order valence-electron chi connectivity index (χ4n) is 1.29. The lowest BCUT2D eigenvalue weighted by Crippen LogP contribution is -2.45. The van der Waals surface area contributed by atoms with Crippen LogP contribution in [-0.4, -0.2) is 61.8 Å². The number of carbonyl (C=O) groups is 2. The Morgan fingerprint density at radius 2 is 1.55 bits per heavy atom. The molecule has 1 atom stereocenters. The second kappa shape index (κ2) is 8.76. The van der Waals surface area contributed by atoms with Crippen molar-refractivity contribution >= 4 is 12.0 Å². The Bertz CT molecular complexity index is 300. The summed E-state index contributed by atoms with van der Waals surface area (Å²) in [5.74, 6) is -0.557. The van der Waals surface area contributed by atoms with Crippen molar-refractivity contribution in [3.63, 3.8) is 0 Å². The van der Waals surface area contributed by atoms with E-state index in [4.69, 9.17) is 10.5 Å². The number of nitrogens with one attached hydrogen (secondary N) is 2. The molecule has 1 unspecified atom stereocenters. The van der Waals surface area contributed by atoms with Crippen LogP contribution < -0.4 is 16.4 Å². The van der Waals surface area contributed by atoms with Gasteiger partial charge in [0.25, 0.3) is 0 Å². The molecule has 0 saturated carbocycles. The van der Waals surface area contributed by atoms with Crippen LogP contribution in [0.4, 0.5) is 4.79 Å². The first-order valence-electron chi connectivity index (χ1n) is 6.81. The van der Waals surface area contributed by atoms with Crippen molar-refractivity contribution in [3.05, 3.63) is 0 Å². The summed E-state index contributed by atoms with van der Waals surface area (Å²) in [4.78, 5) is 23.4. The molecule has 118 valence electrons. The minimum atomic E-state index is -0.662. The predicted molar refractivity (Wildman–Crippen MR) is 78.4 cm³/mol. The molecule has 4 N–H and O–H groups in total. The van der Waals surface area contributed by atoms with Crippen molar-refractivity contribution in [1.82, 2.24) is 15.5 Å². The van der Waals surface area contributed by atoms with Crippen LogP contribution in [-0.2, 0) is 9.53 Å². The highest BCUT2D eigenvalue weighted by Gasteiger charge is 2.25. The molecule has 0 aliphatic carbocycles. The summed E-state index contributed by atoms with van der Waals surface area (Å²) < 4.78 is 5.05. The summed E-state index contributed by atoms with van der Waals surface area (Å²) in [5, 5.41) is 6.44. The smallest absolute Gasteiger partial charge is 0.410 e. The van der Waals surface area contributed by atoms with E-state index in [1.807, 2.05) is 0 Å². The van der Waals surface area contributed by atoms with Crippen LogP contribution in [0.3, 0.4) is 0 Å². The van der Waals surface area contributed by atoms with Gasteiger partial charge in [0.15, 0.2) is 0 Å². The maximum Gasteiger partial charge on any atom is 0.410 e. The lowest BCUT2D eigenvalue weighted by Gasteiger charge is -2.27. The standard InChI is InChI=1S/C9H18N2O3.C4H10N2/c1-6(7(10)12)11(5)8(13)14-9(2,3)4;1-2-6-4-3-5-1/h6H,1-5H3,(H2,10,12);5-6H,1-4H2. The second-order valence-electron chi connectivity index (χ2n) is 5.67. The van der Waals surface area contributed by atoms with Gasteiger partial charge in [-0.1, -0.05) is 0 Å². The second-order valence-corrected chi connectivity index (χ2v) is 5.67. The largest absolute Gasteiger partial charge is 0.444 e. The first-order chi connectivity index (χ1) is 9.15. The van der Waals surface area contributed by atoms with Gasteiger partial charge in [-0.3, -0.25) is 9.69 Å². The lowest BCUT2D eigenvalue weighted by molar-refractivity contribution is -0.122. The van der Waals surface area contributed by atoms with Gasteiger partial charge >= 0.3 is 6.09 Å². The number of carbonyl (C=O) groups excluding carboxylic acids is 2. The molecule has 7 heteroatoms. The molecule has 0 aromatic heterocycles. The van der Waals surface area contributed by atoms with E-state index in [0.717, 1.165) is 26.2 Å². The van der Waals surface area contributed by atoms with Crippen LogP contribution >= 0.6 is 0 Å². The SMILES string of the molecule is C1CNCCN1.CC(C(N)=O)N(C)C(=O)OC(C)(C)C. The van der Waals surface area contributed by atoms with Gasteiger partial charge in [-0.15, -0.1) is 0 Å². The fraction of sp³-hybridized carbons (Fsp3) is 0.846. The van der Waals surface area contributed by atoms with Crippen molar-refractivity contribution < 1.29 is 14.3 Å². The number of piperazine rings is 1. The molecule has 0 radical (unpaired) electrons. The van der Waals surface area contributed by atoms with Gasteiger partial charge in [0.05, 0.1) is 0 Å². The lowest BCUT2D eigenvalue weighted by atomic mass is 10.2. The summed E-state index contributed by atoms with van der Waals surface area (Å²) in [5.41, 5.74) is 4.48. The van der Waals surface area contributed by atoms with E-state index < -0.39 is 23.6 Å². The van der Waals surface area contributed by atoms with Crippen LogP contribution in [0.2, 0.25) is 0 Å². The molecule has 1 aliphatic heterocycles. The Hall–Kier alpha value is -1.34. The monoisotopic (exact) mass is 288 g/mol. The molecule has 1 rings (SSSR count). The maximum absolute atomic E-state index is 11.4. The number of rotatable bonds is 2. The van der Waals surface area contributed by atoms with Gasteiger partial charge in [-0.2, -0.15) is 0 Å². The zero-order valence-electron chi connectivity index (χ0n) is 13.2. The highest BCUT2D eigenvalue weighted by Crippen LogP contribution is 2.10. The summed E-state index contributed by atoms with van der Waals surface area (Å²) in [6.07, 6.45) is -0.552. The minimum Gasteiger partial charge on any atom is -0.444 e. The van der Waals surface area contributed by atoms with Gasteiger partial charge in [-0.25, -0.2) is 4.79 Å². The highest BCUT2D eigenvalue weighted by atomic mass is 16.6. The predicted octanol–water partition coefficient (Wildman–Crippen LogP) is -0.0937. The first-order valence-corrected chi connectivity index (χ1v) is 6.81. The Morgan fingerprint density at radius 1 is 1.15 bits per heavy atom. The molecule has 1 fully saturated rings. The van der Waals surface area contributed by atoms with Crippen LogP contribution in [0.15, 0.2) is 0 Å². The number of nitrogens with zero attached hydrogens (tertiary/aromatic N) is 1. The zero-order valence-corrected chi connectivity index (χ0v) is 13.2. The molecule has 0 aromatic carbocycles. The Morgan fingerprint density at radius 3 is 1.80 bits per heavy atom. The number of amides is 2. The van der Waals surface area contributed by atoms with Gasteiger partial charge in [0, 0.05) is 33.2 Å². The normalized spacial score (nSPS) is 16.4. The van der Waals surface area contributed by atoms with Crippen molar-refractivity contribution in [2.24, 2.45) is 5.73 Å². The number of ether oxygens (including phenoxy) is 1. The number of hydrogen-bond donors (Lipinski definition) is 3. The van der Waals surface area contributed by atoms with Crippen LogP contribution in [0.25, 0.3) is 0 Å². The molecular formula is C13H28N4O3. The average Bonchev–Trinajstić information content (AvgIpc) is 2.37. The van der Waals surface area contributed by atoms with Crippen molar-refractivity contribution in [2.75, 3.05) is 33.2 Å². The van der Waals surface area contributed by atoms with Gasteiger partial charge < -0.3 is 21.1 Å². The zero-order chi connectivity index (χ0) is 15.8. The Kier molecular flexibility index (Phi) is 8.17. The van der Waals surface area contributed by atoms with E-state index in [2.05, 4.69) is 10.6 Å². The topological polar surface area (TPSA) is 96.7 Å². The molecule has 20 heavy (non-hydrogen) atoms. The molecule has 7 nitrogen and oxygen atoms in total. The van der Waals surface area contributed by atoms with Crippen LogP contribution in [0, 0.1) is 0 Å². The molecular weight excluding hydrogens is 260 g/mol. The van der Waals surface area contributed by atoms with E-state index >= 15 is 0 Å². The van der Waals surface area contributed by atoms with E-state index in [1.165, 1.54) is 11.9 Å². The van der Waals surface area contributed by atoms with E-state index in [1.54, 1.807) is 27.7 Å². The minimum absolute atomic E-state index is 0.552. The van der Waals surface area contributed by atoms with Crippen molar-refractivity contribution in [2.45, 2.75) is 39.3 Å². The van der Waals surface area contributed by atoms with E-state index in [0.29, 0.717) is 0 Å². The van der Waals surface area contributed by atoms with Gasteiger partial charge in [-0.05, 0) is 27.7 Å². The number of nitrogens with two attached hydrogens (primary N) is 1. The molecule has 0 aromatic rings. The molecule has 1 saturated heterocycles. The van der Waals surface area contributed by atoms with Crippen LogP contribution in [0.5, 0.6) is 0 Å². The van der Waals surface area contributed by atoms with Crippen molar-refractivity contribution in [1.29, 1.82) is 0 Å². The Balaban J connectivity index is 0.000000493.